The van der Waals surface area contributed by atoms with E-state index in [1.54, 1.807) is 0 Å². The number of benzene rings is 2. The number of para-hydroxylation sites is 1. The SMILES string of the molecule is C=CC1=C(N(C)c2ccccc2)CCC(C(=O)NO)(c2cccc(C)c2C)C1. The summed E-state index contributed by atoms with van der Waals surface area (Å²) in [7, 11) is 2.05. The molecule has 0 radical (unpaired) electrons. The Morgan fingerprint density at radius 1 is 1.18 bits per heavy atom. The second-order valence-electron chi connectivity index (χ2n) is 7.52. The predicted octanol–water partition coefficient (Wildman–Crippen LogP) is 4.81. The average molecular weight is 377 g/mol. The van der Waals surface area contributed by atoms with Crippen LogP contribution in [-0.4, -0.2) is 18.2 Å². The minimum Gasteiger partial charge on any atom is -0.348 e. The number of hydrogen-bond donors (Lipinski definition) is 2. The molecule has 2 aromatic carbocycles. The molecule has 28 heavy (non-hydrogen) atoms. The van der Waals surface area contributed by atoms with Gasteiger partial charge in [0.05, 0.1) is 5.41 Å². The van der Waals surface area contributed by atoms with Crippen LogP contribution in [0.25, 0.3) is 0 Å². The fraction of sp³-hybridized carbons (Fsp3) is 0.292. The molecule has 1 aliphatic rings. The third-order valence-electron chi connectivity index (χ3n) is 6.10. The van der Waals surface area contributed by atoms with Crippen molar-refractivity contribution in [3.8, 4) is 0 Å². The van der Waals surface area contributed by atoms with Crippen molar-refractivity contribution in [2.24, 2.45) is 0 Å². The highest BCUT2D eigenvalue weighted by atomic mass is 16.5. The fourth-order valence-corrected chi connectivity index (χ4v) is 4.31. The van der Waals surface area contributed by atoms with E-state index >= 15 is 0 Å². The van der Waals surface area contributed by atoms with Crippen LogP contribution in [0.15, 0.2) is 72.5 Å². The fourth-order valence-electron chi connectivity index (χ4n) is 4.31. The maximum Gasteiger partial charge on any atom is 0.254 e. The highest BCUT2D eigenvalue weighted by molar-refractivity contribution is 5.89. The van der Waals surface area contributed by atoms with Crippen molar-refractivity contribution < 1.29 is 10.0 Å². The summed E-state index contributed by atoms with van der Waals surface area (Å²) in [6.45, 7) is 8.10. The van der Waals surface area contributed by atoms with Gasteiger partial charge in [-0.2, -0.15) is 0 Å². The third-order valence-corrected chi connectivity index (χ3v) is 6.10. The van der Waals surface area contributed by atoms with Gasteiger partial charge in [-0.05, 0) is 67.5 Å². The van der Waals surface area contributed by atoms with Gasteiger partial charge >= 0.3 is 0 Å². The standard InChI is InChI=1S/C24H28N2O2/c1-5-19-16-24(23(27)25-28,21-13-9-10-17(2)18(21)3)15-14-22(19)26(4)20-11-7-6-8-12-20/h5-13,28H,1,14-16H2,2-4H3,(H,25,27). The summed E-state index contributed by atoms with van der Waals surface area (Å²) in [6, 6.07) is 16.2. The number of allylic oxidation sites excluding steroid dienone is 3. The number of carbonyl (C=O) groups is 1. The summed E-state index contributed by atoms with van der Waals surface area (Å²) in [6.07, 6.45) is 3.68. The zero-order chi connectivity index (χ0) is 20.3. The van der Waals surface area contributed by atoms with Crippen molar-refractivity contribution in [1.29, 1.82) is 0 Å². The largest absolute Gasteiger partial charge is 0.348 e. The van der Waals surface area contributed by atoms with Crippen LogP contribution in [0.1, 0.15) is 36.0 Å². The second-order valence-corrected chi connectivity index (χ2v) is 7.52. The summed E-state index contributed by atoms with van der Waals surface area (Å²) in [5.41, 5.74) is 7.61. The third kappa shape index (κ3) is 3.36. The second kappa shape index (κ2) is 8.03. The van der Waals surface area contributed by atoms with Crippen molar-refractivity contribution in [3.63, 3.8) is 0 Å². The number of hydroxylamine groups is 1. The zero-order valence-electron chi connectivity index (χ0n) is 16.8. The Morgan fingerprint density at radius 3 is 2.54 bits per heavy atom. The highest BCUT2D eigenvalue weighted by Gasteiger charge is 2.44. The molecule has 0 saturated heterocycles. The van der Waals surface area contributed by atoms with E-state index in [0.717, 1.165) is 33.6 Å². The first-order chi connectivity index (χ1) is 13.4. The first kappa shape index (κ1) is 19.9. The molecule has 0 bridgehead atoms. The molecule has 2 N–H and O–H groups in total. The summed E-state index contributed by atoms with van der Waals surface area (Å²) in [5, 5.41) is 9.53. The van der Waals surface area contributed by atoms with Crippen LogP contribution in [0.2, 0.25) is 0 Å². The Bertz CT molecular complexity index is 917. The van der Waals surface area contributed by atoms with E-state index < -0.39 is 5.41 Å². The van der Waals surface area contributed by atoms with Gasteiger partial charge in [-0.1, -0.05) is 49.1 Å². The van der Waals surface area contributed by atoms with E-state index in [0.29, 0.717) is 19.3 Å². The minimum atomic E-state index is -0.810. The molecule has 1 aliphatic carbocycles. The lowest BCUT2D eigenvalue weighted by Crippen LogP contribution is -2.46. The number of nitrogens with zero attached hydrogens (tertiary/aromatic N) is 1. The Morgan fingerprint density at radius 2 is 1.89 bits per heavy atom. The van der Waals surface area contributed by atoms with Crippen LogP contribution in [0.4, 0.5) is 5.69 Å². The Kier molecular flexibility index (Phi) is 5.71. The quantitative estimate of drug-likeness (QED) is 0.582. The number of carbonyl (C=O) groups excluding carboxylic acids is 1. The first-order valence-corrected chi connectivity index (χ1v) is 9.59. The van der Waals surface area contributed by atoms with Crippen molar-refractivity contribution >= 4 is 11.6 Å². The molecule has 0 spiro atoms. The van der Waals surface area contributed by atoms with Crippen molar-refractivity contribution in [2.45, 2.75) is 38.5 Å². The van der Waals surface area contributed by atoms with Crippen LogP contribution < -0.4 is 10.4 Å². The number of hydrogen-bond acceptors (Lipinski definition) is 3. The van der Waals surface area contributed by atoms with Crippen LogP contribution in [0.3, 0.4) is 0 Å². The van der Waals surface area contributed by atoms with Crippen LogP contribution in [0, 0.1) is 13.8 Å². The first-order valence-electron chi connectivity index (χ1n) is 9.59. The molecule has 1 atom stereocenters. The van der Waals surface area contributed by atoms with Gasteiger partial charge in [0.15, 0.2) is 0 Å². The van der Waals surface area contributed by atoms with Crippen LogP contribution >= 0.6 is 0 Å². The molecule has 0 aromatic heterocycles. The number of rotatable bonds is 5. The number of amides is 1. The van der Waals surface area contributed by atoms with Crippen molar-refractivity contribution in [1.82, 2.24) is 5.48 Å². The summed E-state index contributed by atoms with van der Waals surface area (Å²) in [4.78, 5) is 15.1. The van der Waals surface area contributed by atoms with Gasteiger partial charge in [-0.3, -0.25) is 10.0 Å². The molecule has 4 heteroatoms. The molecule has 0 aliphatic heterocycles. The highest BCUT2D eigenvalue weighted by Crippen LogP contribution is 2.45. The molecule has 0 saturated carbocycles. The maximum atomic E-state index is 12.9. The van der Waals surface area contributed by atoms with Gasteiger partial charge in [-0.25, -0.2) is 5.48 Å². The van der Waals surface area contributed by atoms with Gasteiger partial charge in [0.25, 0.3) is 5.91 Å². The maximum absolute atomic E-state index is 12.9. The van der Waals surface area contributed by atoms with E-state index in [-0.39, 0.29) is 5.91 Å². The smallest absolute Gasteiger partial charge is 0.254 e. The Labute approximate surface area is 167 Å². The number of nitrogens with one attached hydrogen (secondary N) is 1. The monoisotopic (exact) mass is 376 g/mol. The molecule has 0 heterocycles. The van der Waals surface area contributed by atoms with E-state index in [1.165, 1.54) is 0 Å². The van der Waals surface area contributed by atoms with E-state index in [4.69, 9.17) is 0 Å². The van der Waals surface area contributed by atoms with Gasteiger partial charge < -0.3 is 4.90 Å². The Balaban J connectivity index is 2.09. The minimum absolute atomic E-state index is 0.359. The van der Waals surface area contributed by atoms with Gasteiger partial charge in [0, 0.05) is 18.4 Å². The molecule has 1 amide bonds. The lowest BCUT2D eigenvalue weighted by Gasteiger charge is -2.40. The number of aryl methyl sites for hydroxylation is 1. The average Bonchev–Trinajstić information content (AvgIpc) is 2.74. The lowest BCUT2D eigenvalue weighted by molar-refractivity contribution is -0.135. The van der Waals surface area contributed by atoms with Crippen molar-refractivity contribution in [3.05, 3.63) is 89.1 Å². The zero-order valence-corrected chi connectivity index (χ0v) is 16.8. The summed E-state index contributed by atoms with van der Waals surface area (Å²) < 4.78 is 0. The van der Waals surface area contributed by atoms with Gasteiger partial charge in [-0.15, -0.1) is 0 Å². The van der Waals surface area contributed by atoms with E-state index in [1.807, 2.05) is 68.8 Å². The summed E-state index contributed by atoms with van der Waals surface area (Å²) >= 11 is 0. The van der Waals surface area contributed by atoms with E-state index in [9.17, 15) is 10.0 Å². The number of anilines is 1. The molecular weight excluding hydrogens is 348 g/mol. The molecule has 3 rings (SSSR count). The van der Waals surface area contributed by atoms with Crippen LogP contribution in [0.5, 0.6) is 0 Å². The molecule has 2 aromatic rings. The van der Waals surface area contributed by atoms with Gasteiger partial charge in [0.2, 0.25) is 0 Å². The van der Waals surface area contributed by atoms with Crippen LogP contribution in [-0.2, 0) is 10.2 Å². The normalized spacial score (nSPS) is 19.3. The van der Waals surface area contributed by atoms with E-state index in [2.05, 4.69) is 23.6 Å². The topological polar surface area (TPSA) is 52.6 Å². The molecule has 4 nitrogen and oxygen atoms in total. The molecular formula is C24H28N2O2. The lowest BCUT2D eigenvalue weighted by atomic mass is 9.66. The predicted molar refractivity (Wildman–Crippen MR) is 113 cm³/mol. The summed E-state index contributed by atoms with van der Waals surface area (Å²) in [5.74, 6) is -0.359. The molecule has 1 unspecified atom stereocenters. The molecule has 146 valence electrons. The Hall–Kier alpha value is -2.85. The van der Waals surface area contributed by atoms with Gasteiger partial charge in [0.1, 0.15) is 0 Å². The van der Waals surface area contributed by atoms with Crippen molar-refractivity contribution in [2.75, 3.05) is 11.9 Å². The molecule has 0 fully saturated rings.